The smallest absolute Gasteiger partial charge is 0.261 e. The molecule has 2 aliphatic rings. The van der Waals surface area contributed by atoms with E-state index < -0.39 is 0 Å². The van der Waals surface area contributed by atoms with Crippen molar-refractivity contribution in [3.05, 3.63) is 77.4 Å². The number of piperazine rings is 1. The molecule has 1 fully saturated rings. The summed E-state index contributed by atoms with van der Waals surface area (Å²) in [5.41, 5.74) is 1.83. The lowest BCUT2D eigenvalue weighted by Gasteiger charge is -2.35. The number of nitrogens with zero attached hydrogens (tertiary/aromatic N) is 3. The largest absolute Gasteiger partial charge is 0.504 e. The molecule has 1 N–H and O–H groups in total. The summed E-state index contributed by atoms with van der Waals surface area (Å²) in [5.74, 6) is -0.216. The molecule has 0 aromatic heterocycles. The highest BCUT2D eigenvalue weighted by Gasteiger charge is 2.33. The Morgan fingerprint density at radius 3 is 2.22 bits per heavy atom. The topological polar surface area (TPSA) is 90.4 Å². The van der Waals surface area contributed by atoms with Crippen LogP contribution >= 0.6 is 0 Å². The van der Waals surface area contributed by atoms with Crippen molar-refractivity contribution in [3.63, 3.8) is 0 Å². The van der Waals surface area contributed by atoms with Gasteiger partial charge in [-0.15, -0.1) is 0 Å². The standard InChI is InChI=1S/C28H27N3O5/c1-36-24-10-8-19(18-23(24)32)9-11-25(33)30-15-12-29(13-16-30)14-17-31-27(34)21-6-2-4-20-5-3-7-22(26(20)21)28(31)35/h2-11,18,32H,12-17H2,1H3/b11-9+. The number of benzene rings is 3. The molecule has 36 heavy (non-hydrogen) atoms. The summed E-state index contributed by atoms with van der Waals surface area (Å²) in [6.07, 6.45) is 3.17. The number of amides is 3. The summed E-state index contributed by atoms with van der Waals surface area (Å²) in [6, 6.07) is 16.0. The third-order valence-electron chi connectivity index (χ3n) is 6.80. The Morgan fingerprint density at radius 1 is 0.944 bits per heavy atom. The Bertz CT molecular complexity index is 1320. The van der Waals surface area contributed by atoms with Crippen LogP contribution in [-0.2, 0) is 4.79 Å². The first-order chi connectivity index (χ1) is 17.5. The zero-order valence-corrected chi connectivity index (χ0v) is 20.0. The minimum absolute atomic E-state index is 0.0200. The molecule has 8 nitrogen and oxygen atoms in total. The van der Waals surface area contributed by atoms with Gasteiger partial charge in [-0.2, -0.15) is 0 Å². The number of aromatic hydroxyl groups is 1. The number of phenols is 1. The molecular formula is C28H27N3O5. The fourth-order valence-electron chi connectivity index (χ4n) is 4.80. The summed E-state index contributed by atoms with van der Waals surface area (Å²) >= 11 is 0. The van der Waals surface area contributed by atoms with Crippen molar-refractivity contribution in [3.8, 4) is 11.5 Å². The van der Waals surface area contributed by atoms with Crippen molar-refractivity contribution in [2.75, 3.05) is 46.4 Å². The van der Waals surface area contributed by atoms with Crippen LogP contribution in [0.4, 0.5) is 0 Å². The third kappa shape index (κ3) is 4.43. The van der Waals surface area contributed by atoms with Crippen LogP contribution in [-0.4, -0.2) is 83.9 Å². The molecule has 0 bridgehead atoms. The number of phenolic OH excluding ortho intramolecular Hbond substituents is 1. The summed E-state index contributed by atoms with van der Waals surface area (Å²) < 4.78 is 5.04. The van der Waals surface area contributed by atoms with E-state index in [0.717, 1.165) is 10.8 Å². The van der Waals surface area contributed by atoms with Crippen molar-refractivity contribution in [2.45, 2.75) is 0 Å². The van der Waals surface area contributed by atoms with E-state index in [1.165, 1.54) is 18.1 Å². The number of hydrogen-bond acceptors (Lipinski definition) is 6. The number of imide groups is 1. The van der Waals surface area contributed by atoms with Crippen molar-refractivity contribution >= 4 is 34.6 Å². The maximum absolute atomic E-state index is 13.1. The lowest BCUT2D eigenvalue weighted by Crippen LogP contribution is -2.51. The van der Waals surface area contributed by atoms with Crippen LogP contribution in [0.25, 0.3) is 16.8 Å². The molecule has 0 atom stereocenters. The minimum atomic E-state index is -0.257. The third-order valence-corrected chi connectivity index (χ3v) is 6.80. The average molecular weight is 486 g/mol. The highest BCUT2D eigenvalue weighted by atomic mass is 16.5. The molecule has 0 aliphatic carbocycles. The van der Waals surface area contributed by atoms with Crippen LogP contribution in [0.1, 0.15) is 26.3 Å². The molecule has 3 amide bonds. The van der Waals surface area contributed by atoms with Crippen LogP contribution in [0, 0.1) is 0 Å². The monoisotopic (exact) mass is 485 g/mol. The minimum Gasteiger partial charge on any atom is -0.504 e. The molecular weight excluding hydrogens is 458 g/mol. The number of rotatable bonds is 6. The predicted octanol–water partition coefficient (Wildman–Crippen LogP) is 3.01. The zero-order valence-electron chi connectivity index (χ0n) is 20.0. The predicted molar refractivity (Wildman–Crippen MR) is 136 cm³/mol. The number of hydrogen-bond donors (Lipinski definition) is 1. The lowest BCUT2D eigenvalue weighted by atomic mass is 9.94. The zero-order chi connectivity index (χ0) is 25.2. The van der Waals surface area contributed by atoms with Gasteiger partial charge in [-0.25, -0.2) is 0 Å². The van der Waals surface area contributed by atoms with E-state index in [0.29, 0.717) is 61.7 Å². The van der Waals surface area contributed by atoms with Gasteiger partial charge in [-0.3, -0.25) is 24.2 Å². The highest BCUT2D eigenvalue weighted by Crippen LogP contribution is 2.30. The number of methoxy groups -OCH3 is 1. The second-order valence-electron chi connectivity index (χ2n) is 8.90. The van der Waals surface area contributed by atoms with E-state index in [1.54, 1.807) is 41.3 Å². The summed E-state index contributed by atoms with van der Waals surface area (Å²) in [5, 5.41) is 11.5. The summed E-state index contributed by atoms with van der Waals surface area (Å²) in [4.78, 5) is 44.0. The van der Waals surface area contributed by atoms with Crippen LogP contribution in [0.2, 0.25) is 0 Å². The summed E-state index contributed by atoms with van der Waals surface area (Å²) in [7, 11) is 1.48. The molecule has 184 valence electrons. The van der Waals surface area contributed by atoms with Gasteiger partial charge in [-0.1, -0.05) is 30.3 Å². The second-order valence-corrected chi connectivity index (χ2v) is 8.90. The molecule has 3 aromatic carbocycles. The first-order valence-electron chi connectivity index (χ1n) is 11.9. The number of carbonyl (C=O) groups excluding carboxylic acids is 3. The van der Waals surface area contributed by atoms with Gasteiger partial charge in [0.05, 0.1) is 7.11 Å². The van der Waals surface area contributed by atoms with E-state index in [-0.39, 0.29) is 23.5 Å². The van der Waals surface area contributed by atoms with Crippen molar-refractivity contribution in [2.24, 2.45) is 0 Å². The Morgan fingerprint density at radius 2 is 1.61 bits per heavy atom. The van der Waals surface area contributed by atoms with Gasteiger partial charge < -0.3 is 14.7 Å². The average Bonchev–Trinajstić information content (AvgIpc) is 2.90. The molecule has 0 radical (unpaired) electrons. The Labute approximate surface area is 209 Å². The van der Waals surface area contributed by atoms with Crippen LogP contribution < -0.4 is 4.74 Å². The molecule has 3 aromatic rings. The second kappa shape index (κ2) is 9.83. The van der Waals surface area contributed by atoms with Crippen molar-refractivity contribution in [1.29, 1.82) is 0 Å². The van der Waals surface area contributed by atoms with Crippen LogP contribution in [0.5, 0.6) is 11.5 Å². The first-order valence-corrected chi connectivity index (χ1v) is 11.9. The Hall–Kier alpha value is -4.17. The van der Waals surface area contributed by atoms with Gasteiger partial charge >= 0.3 is 0 Å². The van der Waals surface area contributed by atoms with E-state index in [9.17, 15) is 19.5 Å². The van der Waals surface area contributed by atoms with Gasteiger partial charge in [0.15, 0.2) is 11.5 Å². The van der Waals surface area contributed by atoms with Crippen LogP contribution in [0.3, 0.4) is 0 Å². The van der Waals surface area contributed by atoms with Gasteiger partial charge in [0.25, 0.3) is 11.8 Å². The van der Waals surface area contributed by atoms with Gasteiger partial charge in [0.1, 0.15) is 0 Å². The molecule has 5 rings (SSSR count). The molecule has 0 saturated carbocycles. The fraction of sp³-hybridized carbons (Fsp3) is 0.250. The summed E-state index contributed by atoms with van der Waals surface area (Å²) in [6.45, 7) is 3.29. The van der Waals surface area contributed by atoms with E-state index in [4.69, 9.17) is 4.74 Å². The maximum atomic E-state index is 13.1. The molecule has 0 spiro atoms. The van der Waals surface area contributed by atoms with E-state index in [2.05, 4.69) is 4.90 Å². The highest BCUT2D eigenvalue weighted by molar-refractivity contribution is 6.25. The lowest BCUT2D eigenvalue weighted by molar-refractivity contribution is -0.127. The maximum Gasteiger partial charge on any atom is 0.261 e. The van der Waals surface area contributed by atoms with Gasteiger partial charge in [0.2, 0.25) is 5.91 Å². The fourth-order valence-corrected chi connectivity index (χ4v) is 4.80. The Balaban J connectivity index is 1.16. The van der Waals surface area contributed by atoms with Gasteiger partial charge in [-0.05, 0) is 41.3 Å². The number of carbonyl (C=O) groups is 3. The number of ether oxygens (including phenoxy) is 1. The molecule has 0 unspecified atom stereocenters. The SMILES string of the molecule is COc1ccc(/C=C/C(=O)N2CCN(CCN3C(=O)c4cccc5cccc(c45)C3=O)CC2)cc1O. The normalized spacial score (nSPS) is 16.2. The molecule has 2 aliphatic heterocycles. The van der Waals surface area contributed by atoms with E-state index >= 15 is 0 Å². The molecule has 1 saturated heterocycles. The van der Waals surface area contributed by atoms with E-state index in [1.807, 2.05) is 24.3 Å². The first kappa shape index (κ1) is 23.6. The quantitative estimate of drug-likeness (QED) is 0.427. The Kier molecular flexibility index (Phi) is 6.43. The molecule has 8 heteroatoms. The van der Waals surface area contributed by atoms with Crippen molar-refractivity contribution in [1.82, 2.24) is 14.7 Å². The molecule has 2 heterocycles. The van der Waals surface area contributed by atoms with Gasteiger partial charge in [0, 0.05) is 61.9 Å². The van der Waals surface area contributed by atoms with Crippen LogP contribution in [0.15, 0.2) is 60.7 Å². The van der Waals surface area contributed by atoms with Crippen molar-refractivity contribution < 1.29 is 24.2 Å².